The van der Waals surface area contributed by atoms with Crippen molar-refractivity contribution < 1.29 is 27.4 Å². The van der Waals surface area contributed by atoms with Crippen LogP contribution in [0.4, 0.5) is 18.9 Å². The van der Waals surface area contributed by atoms with Crippen molar-refractivity contribution in [2.45, 2.75) is 32.6 Å². The van der Waals surface area contributed by atoms with Gasteiger partial charge in [-0.05, 0) is 31.5 Å². The Morgan fingerprint density at radius 3 is 2.56 bits per heavy atom. The molecule has 168 valence electrons. The summed E-state index contributed by atoms with van der Waals surface area (Å²) in [6, 6.07) is 3.10. The first-order valence-electron chi connectivity index (χ1n) is 9.65. The molecule has 8 nitrogen and oxygen atoms in total. The molecule has 3 aromatic heterocycles. The number of hydrogen-bond acceptors (Lipinski definition) is 6. The van der Waals surface area contributed by atoms with E-state index in [4.69, 9.17) is 9.47 Å². The van der Waals surface area contributed by atoms with E-state index in [0.29, 0.717) is 34.1 Å². The topological polar surface area (TPSA) is 82.4 Å². The number of nitrogens with zero attached hydrogens (tertiary/aromatic N) is 5. The van der Waals surface area contributed by atoms with Crippen LogP contribution in [-0.2, 0) is 6.54 Å². The number of aromatic nitrogens is 4. The summed E-state index contributed by atoms with van der Waals surface area (Å²) in [5.74, 6) is 0.438. The summed E-state index contributed by atoms with van der Waals surface area (Å²) in [5, 5.41) is 3.75. The van der Waals surface area contributed by atoms with Crippen LogP contribution in [0, 0.1) is 6.92 Å². The first-order chi connectivity index (χ1) is 15.1. The number of ether oxygens (including phenoxy) is 2. The number of carbonyl (C=O) groups excluding carboxylic acids is 1. The molecule has 0 radical (unpaired) electrons. The van der Waals surface area contributed by atoms with E-state index in [2.05, 4.69) is 15.1 Å². The minimum atomic E-state index is -4.41. The van der Waals surface area contributed by atoms with Crippen molar-refractivity contribution in [1.82, 2.24) is 19.7 Å². The molecule has 0 aromatic carbocycles. The van der Waals surface area contributed by atoms with Gasteiger partial charge in [0.15, 0.2) is 5.75 Å². The Balaban J connectivity index is 1.71. The fourth-order valence-electron chi connectivity index (χ4n) is 3.85. The number of anilines is 1. The number of aryl methyl sites for hydroxylation is 1. The maximum atomic E-state index is 13.1. The molecule has 11 heteroatoms. The average Bonchev–Trinajstić information content (AvgIpc) is 3.28. The number of halogens is 3. The average molecular weight is 447 g/mol. The molecular formula is C21H20F3N5O3. The zero-order valence-corrected chi connectivity index (χ0v) is 17.8. The third-order valence-corrected chi connectivity index (χ3v) is 5.27. The number of alkyl halides is 3. The highest BCUT2D eigenvalue weighted by Gasteiger charge is 2.38. The van der Waals surface area contributed by atoms with E-state index in [1.807, 2.05) is 0 Å². The van der Waals surface area contributed by atoms with E-state index >= 15 is 0 Å². The van der Waals surface area contributed by atoms with Gasteiger partial charge in [0, 0.05) is 18.0 Å². The predicted octanol–water partition coefficient (Wildman–Crippen LogP) is 3.95. The summed E-state index contributed by atoms with van der Waals surface area (Å²) >= 11 is 0. The van der Waals surface area contributed by atoms with E-state index < -0.39 is 18.8 Å². The van der Waals surface area contributed by atoms with Gasteiger partial charge in [-0.25, -0.2) is 4.98 Å². The number of amides is 1. The highest BCUT2D eigenvalue weighted by atomic mass is 19.4. The van der Waals surface area contributed by atoms with Crippen LogP contribution < -0.4 is 14.4 Å². The lowest BCUT2D eigenvalue weighted by atomic mass is 10.0. The monoisotopic (exact) mass is 447 g/mol. The van der Waals surface area contributed by atoms with Crippen molar-refractivity contribution in [2.24, 2.45) is 0 Å². The number of rotatable bonds is 5. The lowest BCUT2D eigenvalue weighted by Gasteiger charge is -2.20. The molecule has 1 aliphatic rings. The molecule has 0 fully saturated rings. The Hall–Kier alpha value is -3.63. The normalized spacial score (nSPS) is 15.8. The summed E-state index contributed by atoms with van der Waals surface area (Å²) in [4.78, 5) is 23.3. The highest BCUT2D eigenvalue weighted by molar-refractivity contribution is 6.11. The van der Waals surface area contributed by atoms with Gasteiger partial charge in [0.05, 0.1) is 49.1 Å². The molecule has 0 saturated carbocycles. The van der Waals surface area contributed by atoms with Gasteiger partial charge in [0.25, 0.3) is 11.8 Å². The molecule has 3 aromatic rings. The number of hydrogen-bond donors (Lipinski definition) is 0. The first kappa shape index (κ1) is 21.6. The predicted molar refractivity (Wildman–Crippen MR) is 109 cm³/mol. The summed E-state index contributed by atoms with van der Waals surface area (Å²) in [7, 11) is 2.99. The molecule has 0 bridgehead atoms. The standard InChI is InChI=1S/C21H20F3N5O3/c1-11-18-15(6-16(27-11)13-5-17(31-3)19(32-4)25-7-13)12(2)29(20(18)30)14-8-26-28(9-14)10-21(22,23)24/h5-9,12H,10H2,1-4H3. The quantitative estimate of drug-likeness (QED) is 0.589. The van der Waals surface area contributed by atoms with Crippen molar-refractivity contribution in [3.05, 3.63) is 47.5 Å². The molecule has 4 heterocycles. The first-order valence-corrected chi connectivity index (χ1v) is 9.65. The Morgan fingerprint density at radius 1 is 1.16 bits per heavy atom. The van der Waals surface area contributed by atoms with Crippen LogP contribution in [0.25, 0.3) is 11.3 Å². The Labute approximate surface area is 181 Å². The van der Waals surface area contributed by atoms with Crippen LogP contribution in [0.15, 0.2) is 30.7 Å². The Morgan fingerprint density at radius 2 is 1.91 bits per heavy atom. The van der Waals surface area contributed by atoms with Gasteiger partial charge < -0.3 is 9.47 Å². The maximum Gasteiger partial charge on any atom is 0.408 e. The van der Waals surface area contributed by atoms with Gasteiger partial charge >= 0.3 is 6.18 Å². The van der Waals surface area contributed by atoms with Gasteiger partial charge in [-0.1, -0.05) is 0 Å². The smallest absolute Gasteiger partial charge is 0.408 e. The van der Waals surface area contributed by atoms with E-state index in [1.165, 1.54) is 31.5 Å². The van der Waals surface area contributed by atoms with Crippen LogP contribution in [-0.4, -0.2) is 46.1 Å². The van der Waals surface area contributed by atoms with E-state index in [1.54, 1.807) is 32.2 Å². The molecule has 4 rings (SSSR count). The van der Waals surface area contributed by atoms with Crippen molar-refractivity contribution in [3.63, 3.8) is 0 Å². The fraction of sp³-hybridized carbons (Fsp3) is 0.333. The molecule has 1 atom stereocenters. The second-order valence-electron chi connectivity index (χ2n) is 7.36. The molecule has 1 aliphatic heterocycles. The molecular weight excluding hydrogens is 427 g/mol. The Bertz CT molecular complexity index is 1190. The van der Waals surface area contributed by atoms with Gasteiger partial charge in [-0.15, -0.1) is 0 Å². The summed E-state index contributed by atoms with van der Waals surface area (Å²) in [5.41, 5.74) is 3.20. The van der Waals surface area contributed by atoms with Crippen LogP contribution in [0.5, 0.6) is 11.6 Å². The fourth-order valence-corrected chi connectivity index (χ4v) is 3.85. The zero-order valence-electron chi connectivity index (χ0n) is 17.8. The molecule has 32 heavy (non-hydrogen) atoms. The molecule has 0 N–H and O–H groups in total. The Kier molecular flexibility index (Phi) is 5.27. The van der Waals surface area contributed by atoms with Crippen LogP contribution in [0.3, 0.4) is 0 Å². The van der Waals surface area contributed by atoms with Crippen LogP contribution >= 0.6 is 0 Å². The highest BCUT2D eigenvalue weighted by Crippen LogP contribution is 2.40. The van der Waals surface area contributed by atoms with Crippen molar-refractivity contribution in [2.75, 3.05) is 19.1 Å². The molecule has 1 unspecified atom stereocenters. The zero-order chi connectivity index (χ0) is 23.2. The molecule has 0 spiro atoms. The van der Waals surface area contributed by atoms with Gasteiger partial charge in [0.1, 0.15) is 6.54 Å². The summed E-state index contributed by atoms with van der Waals surface area (Å²) < 4.78 is 49.3. The molecule has 1 amide bonds. The number of methoxy groups -OCH3 is 2. The third-order valence-electron chi connectivity index (χ3n) is 5.27. The SMILES string of the molecule is COc1cc(-c2cc3c(c(C)n2)C(=O)N(c2cnn(CC(F)(F)F)c2)C3C)cnc1OC. The molecule has 0 saturated heterocycles. The second-order valence-corrected chi connectivity index (χ2v) is 7.36. The van der Waals surface area contributed by atoms with E-state index in [-0.39, 0.29) is 11.6 Å². The third kappa shape index (κ3) is 3.74. The minimum absolute atomic E-state index is 0.289. The number of carbonyl (C=O) groups is 1. The van der Waals surface area contributed by atoms with Gasteiger partial charge in [-0.3, -0.25) is 19.4 Å². The van der Waals surface area contributed by atoms with Gasteiger partial charge in [-0.2, -0.15) is 18.3 Å². The number of fused-ring (bicyclic) bond motifs is 1. The lowest BCUT2D eigenvalue weighted by molar-refractivity contribution is -0.142. The van der Waals surface area contributed by atoms with Gasteiger partial charge in [0.2, 0.25) is 0 Å². The van der Waals surface area contributed by atoms with Crippen molar-refractivity contribution in [1.29, 1.82) is 0 Å². The van der Waals surface area contributed by atoms with Crippen molar-refractivity contribution in [3.8, 4) is 22.9 Å². The summed E-state index contributed by atoms with van der Waals surface area (Å²) in [6.45, 7) is 2.30. The largest absolute Gasteiger partial charge is 0.491 e. The maximum absolute atomic E-state index is 13.1. The van der Waals surface area contributed by atoms with E-state index in [0.717, 1.165) is 10.2 Å². The molecule has 0 aliphatic carbocycles. The van der Waals surface area contributed by atoms with Crippen molar-refractivity contribution >= 4 is 11.6 Å². The van der Waals surface area contributed by atoms with Crippen LogP contribution in [0.1, 0.15) is 34.6 Å². The lowest BCUT2D eigenvalue weighted by Crippen LogP contribution is -2.26. The second kappa shape index (κ2) is 7.81. The van der Waals surface area contributed by atoms with E-state index in [9.17, 15) is 18.0 Å². The minimum Gasteiger partial charge on any atom is -0.491 e. The summed E-state index contributed by atoms with van der Waals surface area (Å²) in [6.07, 6.45) is -0.338. The number of pyridine rings is 2. The van der Waals surface area contributed by atoms with Crippen LogP contribution in [0.2, 0.25) is 0 Å².